The number of hydrogen-bond donors (Lipinski definition) is 2. The lowest BCUT2D eigenvalue weighted by Crippen LogP contribution is -2.21. The molecule has 2 rings (SSSR count). The molecule has 1 unspecified atom stereocenters. The molecule has 92 valence electrons. The van der Waals surface area contributed by atoms with Crippen LogP contribution < -0.4 is 5.32 Å². The van der Waals surface area contributed by atoms with E-state index in [0.29, 0.717) is 0 Å². The van der Waals surface area contributed by atoms with E-state index < -0.39 is 0 Å². The molecule has 0 spiro atoms. The topological polar surface area (TPSA) is 71.4 Å². The second-order valence-corrected chi connectivity index (χ2v) is 4.01. The van der Waals surface area contributed by atoms with Crippen molar-refractivity contribution >= 4 is 0 Å². The molecule has 2 N–H and O–H groups in total. The van der Waals surface area contributed by atoms with Crippen LogP contribution in [0.5, 0.6) is 0 Å². The molecule has 2 aromatic rings. The Labute approximate surface area is 100 Å². The molecule has 0 fully saturated rings. The van der Waals surface area contributed by atoms with Gasteiger partial charge in [0.1, 0.15) is 18.0 Å². The van der Waals surface area contributed by atoms with Crippen LogP contribution in [0.15, 0.2) is 18.7 Å². The van der Waals surface area contributed by atoms with Gasteiger partial charge in [0.15, 0.2) is 0 Å². The zero-order valence-corrected chi connectivity index (χ0v) is 10.2. The van der Waals surface area contributed by atoms with Crippen molar-refractivity contribution in [2.24, 2.45) is 0 Å². The molecule has 6 heteroatoms. The van der Waals surface area contributed by atoms with Gasteiger partial charge in [-0.05, 0) is 13.3 Å². The van der Waals surface area contributed by atoms with Crippen LogP contribution >= 0.6 is 0 Å². The van der Waals surface area contributed by atoms with Gasteiger partial charge in [0.25, 0.3) is 0 Å². The first-order valence-corrected chi connectivity index (χ1v) is 5.90. The van der Waals surface area contributed by atoms with Crippen LogP contribution in [0.1, 0.15) is 38.0 Å². The summed E-state index contributed by atoms with van der Waals surface area (Å²) >= 11 is 0. The molecular formula is C11H18N6. The number of hydrogen-bond acceptors (Lipinski definition) is 4. The van der Waals surface area contributed by atoms with Crippen LogP contribution in [0, 0.1) is 0 Å². The normalized spacial score (nSPS) is 12.8. The zero-order valence-electron chi connectivity index (χ0n) is 10.2. The molecule has 2 heterocycles. The largest absolute Gasteiger partial charge is 0.334 e. The highest BCUT2D eigenvalue weighted by atomic mass is 15.2. The average Bonchev–Trinajstić information content (AvgIpc) is 2.97. The fourth-order valence-corrected chi connectivity index (χ4v) is 1.72. The van der Waals surface area contributed by atoms with Gasteiger partial charge in [-0.3, -0.25) is 5.10 Å². The van der Waals surface area contributed by atoms with E-state index in [1.807, 2.05) is 19.3 Å². The Kier molecular flexibility index (Phi) is 3.87. The van der Waals surface area contributed by atoms with Crippen molar-refractivity contribution in [2.75, 3.05) is 0 Å². The van der Waals surface area contributed by atoms with Gasteiger partial charge in [-0.1, -0.05) is 6.92 Å². The molecular weight excluding hydrogens is 216 g/mol. The highest BCUT2D eigenvalue weighted by molar-refractivity contribution is 4.94. The fourth-order valence-electron chi connectivity index (χ4n) is 1.72. The van der Waals surface area contributed by atoms with Gasteiger partial charge in [0.05, 0.1) is 12.6 Å². The third-order valence-corrected chi connectivity index (χ3v) is 2.68. The van der Waals surface area contributed by atoms with Gasteiger partial charge in [0.2, 0.25) is 0 Å². The predicted octanol–water partition coefficient (Wildman–Crippen LogP) is 1.26. The van der Waals surface area contributed by atoms with Crippen molar-refractivity contribution in [2.45, 2.75) is 39.4 Å². The van der Waals surface area contributed by atoms with Gasteiger partial charge in [-0.15, -0.1) is 0 Å². The number of nitrogens with one attached hydrogen (secondary N) is 2. The molecule has 1 atom stereocenters. The standard InChI is InChI=1S/C11H18N6/c1-3-5-17-6-4-12-10(17)7-13-9(2)11-14-8-15-16-11/h4,6,8-9,13H,3,5,7H2,1-2H3,(H,14,15,16). The minimum atomic E-state index is 0.143. The Balaban J connectivity index is 1.91. The molecule has 0 bridgehead atoms. The summed E-state index contributed by atoms with van der Waals surface area (Å²) in [7, 11) is 0. The molecule has 0 aliphatic carbocycles. The van der Waals surface area contributed by atoms with Crippen LogP contribution in [-0.2, 0) is 13.1 Å². The molecule has 0 aliphatic heterocycles. The number of nitrogens with zero attached hydrogens (tertiary/aromatic N) is 4. The maximum atomic E-state index is 4.34. The summed E-state index contributed by atoms with van der Waals surface area (Å²) in [6, 6.07) is 0.143. The van der Waals surface area contributed by atoms with E-state index in [9.17, 15) is 0 Å². The SMILES string of the molecule is CCCn1ccnc1CNC(C)c1ncn[nH]1. The average molecular weight is 234 g/mol. The van der Waals surface area contributed by atoms with Crippen molar-refractivity contribution in [3.63, 3.8) is 0 Å². The third kappa shape index (κ3) is 2.91. The summed E-state index contributed by atoms with van der Waals surface area (Å²) in [6.45, 7) is 5.95. The number of aryl methyl sites for hydroxylation is 1. The highest BCUT2D eigenvalue weighted by Gasteiger charge is 2.09. The highest BCUT2D eigenvalue weighted by Crippen LogP contribution is 2.06. The van der Waals surface area contributed by atoms with E-state index in [4.69, 9.17) is 0 Å². The van der Waals surface area contributed by atoms with Crippen LogP contribution in [0.25, 0.3) is 0 Å². The van der Waals surface area contributed by atoms with Crippen molar-refractivity contribution < 1.29 is 0 Å². The molecule has 0 saturated carbocycles. The lowest BCUT2D eigenvalue weighted by Gasteiger charge is -2.11. The Bertz CT molecular complexity index is 433. The number of aromatic nitrogens is 5. The van der Waals surface area contributed by atoms with Gasteiger partial charge in [0, 0.05) is 18.9 Å². The van der Waals surface area contributed by atoms with Crippen molar-refractivity contribution in [1.82, 2.24) is 30.0 Å². The van der Waals surface area contributed by atoms with Crippen molar-refractivity contribution in [3.8, 4) is 0 Å². The fraction of sp³-hybridized carbons (Fsp3) is 0.545. The van der Waals surface area contributed by atoms with Gasteiger partial charge in [-0.2, -0.15) is 5.10 Å². The lowest BCUT2D eigenvalue weighted by atomic mass is 10.3. The Morgan fingerprint density at radius 1 is 1.47 bits per heavy atom. The smallest absolute Gasteiger partial charge is 0.141 e. The number of rotatable bonds is 6. The zero-order chi connectivity index (χ0) is 12.1. The van der Waals surface area contributed by atoms with Crippen LogP contribution in [0.4, 0.5) is 0 Å². The second-order valence-electron chi connectivity index (χ2n) is 4.01. The van der Waals surface area contributed by atoms with Crippen LogP contribution in [-0.4, -0.2) is 24.7 Å². The van der Waals surface area contributed by atoms with E-state index >= 15 is 0 Å². The van der Waals surface area contributed by atoms with E-state index in [-0.39, 0.29) is 6.04 Å². The lowest BCUT2D eigenvalue weighted by molar-refractivity contribution is 0.515. The molecule has 0 saturated heterocycles. The predicted molar refractivity (Wildman–Crippen MR) is 64.2 cm³/mol. The Hall–Kier alpha value is -1.69. The van der Waals surface area contributed by atoms with Gasteiger partial charge in [-0.25, -0.2) is 9.97 Å². The minimum absolute atomic E-state index is 0.143. The maximum Gasteiger partial charge on any atom is 0.141 e. The Morgan fingerprint density at radius 3 is 3.06 bits per heavy atom. The summed E-state index contributed by atoms with van der Waals surface area (Å²) in [4.78, 5) is 8.46. The van der Waals surface area contributed by atoms with E-state index in [0.717, 1.165) is 31.2 Å². The van der Waals surface area contributed by atoms with Crippen molar-refractivity contribution in [1.29, 1.82) is 0 Å². The van der Waals surface area contributed by atoms with E-state index in [1.165, 1.54) is 6.33 Å². The molecule has 0 aromatic carbocycles. The summed E-state index contributed by atoms with van der Waals surface area (Å²) in [5, 5.41) is 10.1. The molecule has 0 aliphatic rings. The number of H-pyrrole nitrogens is 1. The maximum absolute atomic E-state index is 4.34. The van der Waals surface area contributed by atoms with Crippen molar-refractivity contribution in [3.05, 3.63) is 30.4 Å². The summed E-state index contributed by atoms with van der Waals surface area (Å²) < 4.78 is 2.17. The molecule has 0 amide bonds. The first-order chi connectivity index (χ1) is 8.31. The van der Waals surface area contributed by atoms with Crippen LogP contribution in [0.2, 0.25) is 0 Å². The third-order valence-electron chi connectivity index (χ3n) is 2.68. The van der Waals surface area contributed by atoms with Crippen LogP contribution in [0.3, 0.4) is 0 Å². The molecule has 2 aromatic heterocycles. The van der Waals surface area contributed by atoms with E-state index in [1.54, 1.807) is 0 Å². The number of aromatic amines is 1. The monoisotopic (exact) mass is 234 g/mol. The van der Waals surface area contributed by atoms with Gasteiger partial charge < -0.3 is 9.88 Å². The number of imidazole rings is 1. The molecule has 17 heavy (non-hydrogen) atoms. The summed E-state index contributed by atoms with van der Waals surface area (Å²) in [6.07, 6.45) is 6.48. The van der Waals surface area contributed by atoms with E-state index in [2.05, 4.69) is 37.0 Å². The summed E-state index contributed by atoms with van der Waals surface area (Å²) in [5.41, 5.74) is 0. The first kappa shape index (κ1) is 11.8. The summed E-state index contributed by atoms with van der Waals surface area (Å²) in [5.74, 6) is 1.90. The minimum Gasteiger partial charge on any atom is -0.334 e. The quantitative estimate of drug-likeness (QED) is 0.789. The second kappa shape index (κ2) is 5.58. The Morgan fingerprint density at radius 2 is 2.35 bits per heavy atom. The first-order valence-electron chi connectivity index (χ1n) is 5.90. The molecule has 6 nitrogen and oxygen atoms in total. The van der Waals surface area contributed by atoms with Gasteiger partial charge >= 0.3 is 0 Å². The molecule has 0 radical (unpaired) electrons.